The number of hydrogen-bond donors (Lipinski definition) is 3. The molecule has 0 unspecified atom stereocenters. The molecule has 1 amide bonds. The number of amides is 1. The molecule has 20 heavy (non-hydrogen) atoms. The van der Waals surface area contributed by atoms with Crippen LogP contribution in [0.3, 0.4) is 0 Å². The molecule has 0 radical (unpaired) electrons. The number of aromatic amines is 1. The molecule has 3 heterocycles. The molecule has 6 nitrogen and oxygen atoms in total. The summed E-state index contributed by atoms with van der Waals surface area (Å²) in [6.07, 6.45) is 6.74. The van der Waals surface area contributed by atoms with Crippen molar-refractivity contribution in [3.8, 4) is 0 Å². The molecule has 3 aromatic rings. The average Bonchev–Trinajstić information content (AvgIpc) is 2.94. The van der Waals surface area contributed by atoms with Gasteiger partial charge in [0.05, 0.1) is 11.3 Å². The minimum atomic E-state index is -0.505. The predicted octanol–water partition coefficient (Wildman–Crippen LogP) is 1.67. The van der Waals surface area contributed by atoms with Gasteiger partial charge in [-0.15, -0.1) is 0 Å². The van der Waals surface area contributed by atoms with E-state index in [0.29, 0.717) is 23.4 Å². The van der Waals surface area contributed by atoms with Crippen LogP contribution in [0.5, 0.6) is 0 Å². The maximum atomic E-state index is 11.5. The Labute approximate surface area is 115 Å². The summed E-state index contributed by atoms with van der Waals surface area (Å²) < 4.78 is 0. The second kappa shape index (κ2) is 5.00. The highest BCUT2D eigenvalue weighted by molar-refractivity contribution is 6.05. The maximum absolute atomic E-state index is 11.5. The van der Waals surface area contributed by atoms with Gasteiger partial charge in [0.2, 0.25) is 0 Å². The molecule has 0 spiro atoms. The minimum Gasteiger partial charge on any atom is -0.380 e. The largest absolute Gasteiger partial charge is 0.380 e. The molecule has 0 fully saturated rings. The van der Waals surface area contributed by atoms with Gasteiger partial charge in [0, 0.05) is 36.7 Å². The molecule has 0 atom stereocenters. The highest BCUT2D eigenvalue weighted by atomic mass is 16.1. The molecular formula is C14H13N5O. The third-order valence-electron chi connectivity index (χ3n) is 3.04. The van der Waals surface area contributed by atoms with Crippen LogP contribution in [0.4, 0.5) is 5.69 Å². The summed E-state index contributed by atoms with van der Waals surface area (Å²) >= 11 is 0. The lowest BCUT2D eigenvalue weighted by molar-refractivity contribution is 0.100. The Bertz CT molecular complexity index is 751. The van der Waals surface area contributed by atoms with Crippen molar-refractivity contribution in [2.45, 2.75) is 6.54 Å². The van der Waals surface area contributed by atoms with Crippen molar-refractivity contribution in [2.24, 2.45) is 5.73 Å². The topological polar surface area (TPSA) is 96.7 Å². The highest BCUT2D eigenvalue weighted by Crippen LogP contribution is 2.25. The average molecular weight is 267 g/mol. The Morgan fingerprint density at radius 1 is 1.35 bits per heavy atom. The van der Waals surface area contributed by atoms with Gasteiger partial charge < -0.3 is 16.0 Å². The van der Waals surface area contributed by atoms with Gasteiger partial charge in [-0.2, -0.15) is 0 Å². The van der Waals surface area contributed by atoms with E-state index in [0.717, 1.165) is 10.9 Å². The second-order valence-electron chi connectivity index (χ2n) is 4.37. The summed E-state index contributed by atoms with van der Waals surface area (Å²) in [5.41, 5.74) is 8.19. The number of nitrogens with one attached hydrogen (secondary N) is 2. The van der Waals surface area contributed by atoms with E-state index in [2.05, 4.69) is 20.3 Å². The third kappa shape index (κ3) is 2.18. The fourth-order valence-corrected chi connectivity index (χ4v) is 2.08. The maximum Gasteiger partial charge on any atom is 0.252 e. The van der Waals surface area contributed by atoms with Crippen molar-refractivity contribution in [3.63, 3.8) is 0 Å². The Morgan fingerprint density at radius 3 is 3.00 bits per heavy atom. The number of nitrogens with two attached hydrogens (primary N) is 1. The van der Waals surface area contributed by atoms with Gasteiger partial charge in [0.25, 0.3) is 5.91 Å². The number of pyridine rings is 2. The first kappa shape index (κ1) is 12.2. The molecule has 6 heteroatoms. The molecule has 0 bridgehead atoms. The van der Waals surface area contributed by atoms with Crippen molar-refractivity contribution in [1.82, 2.24) is 15.0 Å². The van der Waals surface area contributed by atoms with Gasteiger partial charge in [0.15, 0.2) is 0 Å². The fourth-order valence-electron chi connectivity index (χ4n) is 2.08. The third-order valence-corrected chi connectivity index (χ3v) is 3.04. The van der Waals surface area contributed by atoms with E-state index in [9.17, 15) is 4.79 Å². The van der Waals surface area contributed by atoms with Crippen molar-refractivity contribution < 1.29 is 4.79 Å². The molecule has 0 saturated heterocycles. The highest BCUT2D eigenvalue weighted by Gasteiger charge is 2.13. The van der Waals surface area contributed by atoms with Crippen LogP contribution < -0.4 is 11.1 Å². The van der Waals surface area contributed by atoms with Gasteiger partial charge in [-0.3, -0.25) is 9.78 Å². The van der Waals surface area contributed by atoms with E-state index >= 15 is 0 Å². The van der Waals surface area contributed by atoms with Crippen molar-refractivity contribution in [2.75, 3.05) is 5.32 Å². The standard InChI is InChI=1S/C14H13N5O/c15-13(20)11-8-19-14-10(3-5-17-14)12(11)18-7-9-2-1-4-16-6-9/h1-6,8H,7H2,(H2,15,20)(H2,17,18,19). The molecule has 3 aromatic heterocycles. The Kier molecular flexibility index (Phi) is 3.04. The lowest BCUT2D eigenvalue weighted by Gasteiger charge is -2.11. The number of hydrogen-bond acceptors (Lipinski definition) is 4. The van der Waals surface area contributed by atoms with Gasteiger partial charge in [-0.25, -0.2) is 4.98 Å². The van der Waals surface area contributed by atoms with E-state index in [1.54, 1.807) is 18.6 Å². The van der Waals surface area contributed by atoms with Crippen LogP contribution in [-0.4, -0.2) is 20.9 Å². The number of nitrogens with zero attached hydrogens (tertiary/aromatic N) is 2. The molecule has 0 aliphatic carbocycles. The van der Waals surface area contributed by atoms with Crippen molar-refractivity contribution in [3.05, 3.63) is 54.1 Å². The Morgan fingerprint density at radius 2 is 2.25 bits per heavy atom. The summed E-state index contributed by atoms with van der Waals surface area (Å²) in [7, 11) is 0. The predicted molar refractivity (Wildman–Crippen MR) is 76.2 cm³/mol. The van der Waals surface area contributed by atoms with E-state index in [4.69, 9.17) is 5.73 Å². The monoisotopic (exact) mass is 267 g/mol. The number of H-pyrrole nitrogens is 1. The number of carbonyl (C=O) groups is 1. The van der Waals surface area contributed by atoms with E-state index in [-0.39, 0.29) is 0 Å². The number of fused-ring (bicyclic) bond motifs is 1. The van der Waals surface area contributed by atoms with E-state index in [1.165, 1.54) is 6.20 Å². The van der Waals surface area contributed by atoms with Crippen molar-refractivity contribution in [1.29, 1.82) is 0 Å². The molecule has 4 N–H and O–H groups in total. The van der Waals surface area contributed by atoms with Gasteiger partial charge in [-0.1, -0.05) is 6.07 Å². The first-order valence-corrected chi connectivity index (χ1v) is 6.14. The Balaban J connectivity index is 1.98. The Hall–Kier alpha value is -2.89. The van der Waals surface area contributed by atoms with Crippen LogP contribution in [-0.2, 0) is 6.54 Å². The zero-order chi connectivity index (χ0) is 13.9. The summed E-state index contributed by atoms with van der Waals surface area (Å²) in [6.45, 7) is 0.554. The number of aromatic nitrogens is 3. The SMILES string of the molecule is NC(=O)c1cnc2[nH]ccc2c1NCc1cccnc1. The quantitative estimate of drug-likeness (QED) is 0.669. The van der Waals surface area contributed by atoms with Gasteiger partial charge >= 0.3 is 0 Å². The molecule has 0 aliphatic rings. The fraction of sp³-hybridized carbons (Fsp3) is 0.0714. The summed E-state index contributed by atoms with van der Waals surface area (Å²) in [5, 5.41) is 4.08. The van der Waals surface area contributed by atoms with Crippen LogP contribution in [0, 0.1) is 0 Å². The first-order valence-electron chi connectivity index (χ1n) is 6.14. The summed E-state index contributed by atoms with van der Waals surface area (Å²) in [5.74, 6) is -0.505. The normalized spacial score (nSPS) is 10.6. The molecule has 0 aromatic carbocycles. The van der Waals surface area contributed by atoms with Gasteiger partial charge in [0.1, 0.15) is 5.65 Å². The first-order chi connectivity index (χ1) is 9.75. The van der Waals surface area contributed by atoms with E-state index < -0.39 is 5.91 Å². The molecule has 0 aliphatic heterocycles. The molecule has 0 saturated carbocycles. The number of rotatable bonds is 4. The summed E-state index contributed by atoms with van der Waals surface area (Å²) in [6, 6.07) is 5.68. The lowest BCUT2D eigenvalue weighted by atomic mass is 10.1. The molecular weight excluding hydrogens is 254 g/mol. The lowest BCUT2D eigenvalue weighted by Crippen LogP contribution is -2.15. The van der Waals surface area contributed by atoms with Crippen molar-refractivity contribution >= 4 is 22.6 Å². The van der Waals surface area contributed by atoms with Crippen LogP contribution in [0.15, 0.2) is 43.0 Å². The molecule has 100 valence electrons. The zero-order valence-electron chi connectivity index (χ0n) is 10.6. The van der Waals surface area contributed by atoms with Crippen LogP contribution in [0.2, 0.25) is 0 Å². The van der Waals surface area contributed by atoms with Crippen LogP contribution in [0.1, 0.15) is 15.9 Å². The number of carbonyl (C=O) groups excluding carboxylic acids is 1. The summed E-state index contributed by atoms with van der Waals surface area (Å²) in [4.78, 5) is 22.8. The van der Waals surface area contributed by atoms with E-state index in [1.807, 2.05) is 18.2 Å². The molecule has 3 rings (SSSR count). The smallest absolute Gasteiger partial charge is 0.252 e. The van der Waals surface area contributed by atoms with Crippen LogP contribution >= 0.6 is 0 Å². The van der Waals surface area contributed by atoms with Gasteiger partial charge in [-0.05, 0) is 17.7 Å². The number of anilines is 1. The minimum absolute atomic E-state index is 0.376. The second-order valence-corrected chi connectivity index (χ2v) is 4.37. The zero-order valence-corrected chi connectivity index (χ0v) is 10.6. The number of primary amides is 1. The van der Waals surface area contributed by atoms with Crippen LogP contribution in [0.25, 0.3) is 11.0 Å².